The van der Waals surface area contributed by atoms with Crippen molar-refractivity contribution in [2.45, 2.75) is 45.6 Å². The molecule has 2 heterocycles. The summed E-state index contributed by atoms with van der Waals surface area (Å²) >= 11 is 0. The molecule has 18 heavy (non-hydrogen) atoms. The lowest BCUT2D eigenvalue weighted by molar-refractivity contribution is 0.0888. The topological polar surface area (TPSA) is 51.1 Å². The molecule has 0 amide bonds. The molecule has 1 atom stereocenters. The van der Waals surface area contributed by atoms with Crippen LogP contribution in [0.5, 0.6) is 0 Å². The molecule has 1 aromatic rings. The predicted molar refractivity (Wildman–Crippen MR) is 70.8 cm³/mol. The van der Waals surface area contributed by atoms with Crippen molar-refractivity contribution in [2.24, 2.45) is 0 Å². The summed E-state index contributed by atoms with van der Waals surface area (Å²) in [4.78, 5) is 6.83. The zero-order valence-corrected chi connectivity index (χ0v) is 11.5. The van der Waals surface area contributed by atoms with Gasteiger partial charge in [0.15, 0.2) is 0 Å². The van der Waals surface area contributed by atoms with E-state index in [4.69, 9.17) is 4.74 Å². The molecule has 0 aromatic carbocycles. The zero-order chi connectivity index (χ0) is 13.0. The van der Waals surface area contributed by atoms with Gasteiger partial charge in [-0.1, -0.05) is 13.8 Å². The molecule has 5 heteroatoms. The molecule has 0 spiro atoms. The Kier molecular flexibility index (Phi) is 4.47. The average Bonchev–Trinajstić information content (AvgIpc) is 2.46. The van der Waals surface area contributed by atoms with Gasteiger partial charge in [0.2, 0.25) is 5.95 Å². The van der Waals surface area contributed by atoms with Crippen molar-refractivity contribution in [2.75, 3.05) is 25.1 Å². The fraction of sp³-hybridized carbons (Fsp3) is 0.769. The molecular weight excluding hydrogens is 228 g/mol. The van der Waals surface area contributed by atoms with E-state index in [0.29, 0.717) is 6.10 Å². The average molecular weight is 250 g/mol. The molecule has 0 N–H and O–H groups in total. The summed E-state index contributed by atoms with van der Waals surface area (Å²) in [6.07, 6.45) is 4.34. The van der Waals surface area contributed by atoms with Crippen LogP contribution in [0.4, 0.5) is 5.95 Å². The minimum absolute atomic E-state index is 0.290. The molecule has 1 aromatic heterocycles. The quantitative estimate of drug-likeness (QED) is 0.812. The Bertz CT molecular complexity index is 397. The number of ether oxygens (including phenoxy) is 1. The summed E-state index contributed by atoms with van der Waals surface area (Å²) in [5.74, 6) is 0.755. The van der Waals surface area contributed by atoms with Gasteiger partial charge in [0, 0.05) is 20.2 Å². The van der Waals surface area contributed by atoms with E-state index in [1.807, 2.05) is 0 Å². The van der Waals surface area contributed by atoms with E-state index < -0.39 is 0 Å². The first-order valence-electron chi connectivity index (χ1n) is 6.78. The number of methoxy groups -OCH3 is 1. The molecule has 1 saturated heterocycles. The van der Waals surface area contributed by atoms with Crippen LogP contribution >= 0.6 is 0 Å². The van der Waals surface area contributed by atoms with Crippen molar-refractivity contribution in [3.8, 4) is 0 Å². The van der Waals surface area contributed by atoms with Gasteiger partial charge in [0.25, 0.3) is 0 Å². The van der Waals surface area contributed by atoms with Gasteiger partial charge in [0.1, 0.15) is 0 Å². The van der Waals surface area contributed by atoms with Gasteiger partial charge in [-0.3, -0.25) is 0 Å². The minimum atomic E-state index is 0.290. The van der Waals surface area contributed by atoms with E-state index in [0.717, 1.165) is 56.1 Å². The minimum Gasteiger partial charge on any atom is -0.380 e. The van der Waals surface area contributed by atoms with Crippen molar-refractivity contribution in [1.29, 1.82) is 0 Å². The lowest BCUT2D eigenvalue weighted by Gasteiger charge is -2.31. The highest BCUT2D eigenvalue weighted by atomic mass is 16.5. The Morgan fingerprint density at radius 1 is 1.22 bits per heavy atom. The number of hydrogen-bond donors (Lipinski definition) is 0. The highest BCUT2D eigenvalue weighted by molar-refractivity contribution is 5.31. The van der Waals surface area contributed by atoms with Crippen LogP contribution in [-0.2, 0) is 17.6 Å². The Labute approximate surface area is 109 Å². The second-order valence-electron chi connectivity index (χ2n) is 4.66. The van der Waals surface area contributed by atoms with Crippen LogP contribution < -0.4 is 4.90 Å². The summed E-state index contributed by atoms with van der Waals surface area (Å²) in [7, 11) is 1.77. The third kappa shape index (κ3) is 2.77. The Morgan fingerprint density at radius 3 is 2.67 bits per heavy atom. The summed E-state index contributed by atoms with van der Waals surface area (Å²) < 4.78 is 5.43. The van der Waals surface area contributed by atoms with Gasteiger partial charge in [-0.15, -0.1) is 5.10 Å². The number of aryl methyl sites for hydroxylation is 2. The van der Waals surface area contributed by atoms with Crippen LogP contribution in [0.15, 0.2) is 0 Å². The largest absolute Gasteiger partial charge is 0.380 e. The lowest BCUT2D eigenvalue weighted by Crippen LogP contribution is -2.40. The van der Waals surface area contributed by atoms with Crippen LogP contribution in [0.25, 0.3) is 0 Å². The maximum absolute atomic E-state index is 5.43. The van der Waals surface area contributed by atoms with Crippen molar-refractivity contribution >= 4 is 5.95 Å². The number of aromatic nitrogens is 3. The molecule has 0 radical (unpaired) electrons. The van der Waals surface area contributed by atoms with Crippen LogP contribution in [0.1, 0.15) is 38.1 Å². The molecule has 1 unspecified atom stereocenters. The fourth-order valence-electron chi connectivity index (χ4n) is 2.37. The number of anilines is 1. The first-order chi connectivity index (χ1) is 8.78. The standard InChI is InChI=1S/C13H22N4O/c1-4-11-12(5-2)15-16-13(14-11)17-8-6-7-10(9-17)18-3/h10H,4-9H2,1-3H3. The third-order valence-electron chi connectivity index (χ3n) is 3.49. The van der Waals surface area contributed by atoms with Crippen molar-refractivity contribution < 1.29 is 4.74 Å². The molecule has 5 nitrogen and oxygen atoms in total. The van der Waals surface area contributed by atoms with E-state index in [1.54, 1.807) is 7.11 Å². The molecule has 0 aliphatic carbocycles. The monoisotopic (exact) mass is 250 g/mol. The van der Waals surface area contributed by atoms with E-state index >= 15 is 0 Å². The number of hydrogen-bond acceptors (Lipinski definition) is 5. The van der Waals surface area contributed by atoms with E-state index in [-0.39, 0.29) is 0 Å². The molecule has 100 valence electrons. The Hall–Kier alpha value is -1.23. The molecule has 1 aliphatic rings. The second kappa shape index (κ2) is 6.09. The zero-order valence-electron chi connectivity index (χ0n) is 11.5. The Balaban J connectivity index is 2.17. The molecule has 1 aliphatic heterocycles. The van der Waals surface area contributed by atoms with Gasteiger partial charge in [0.05, 0.1) is 17.5 Å². The third-order valence-corrected chi connectivity index (χ3v) is 3.49. The molecule has 0 bridgehead atoms. The van der Waals surface area contributed by atoms with Gasteiger partial charge in [-0.05, 0) is 25.7 Å². The van der Waals surface area contributed by atoms with Gasteiger partial charge >= 0.3 is 0 Å². The highest BCUT2D eigenvalue weighted by Crippen LogP contribution is 2.18. The second-order valence-corrected chi connectivity index (χ2v) is 4.66. The molecule has 1 fully saturated rings. The molecule has 0 saturated carbocycles. The van der Waals surface area contributed by atoms with Gasteiger partial charge < -0.3 is 9.64 Å². The summed E-state index contributed by atoms with van der Waals surface area (Å²) in [6, 6.07) is 0. The highest BCUT2D eigenvalue weighted by Gasteiger charge is 2.22. The predicted octanol–water partition coefficient (Wildman–Crippen LogP) is 1.61. The maximum atomic E-state index is 5.43. The summed E-state index contributed by atoms with van der Waals surface area (Å²) in [5.41, 5.74) is 2.09. The lowest BCUT2D eigenvalue weighted by atomic mass is 10.1. The van der Waals surface area contributed by atoms with E-state index in [1.165, 1.54) is 0 Å². The number of rotatable bonds is 4. The van der Waals surface area contributed by atoms with Gasteiger partial charge in [-0.25, -0.2) is 4.98 Å². The molecule has 2 rings (SSSR count). The van der Waals surface area contributed by atoms with Crippen LogP contribution in [0.2, 0.25) is 0 Å². The van der Waals surface area contributed by atoms with Crippen molar-refractivity contribution in [1.82, 2.24) is 15.2 Å². The van der Waals surface area contributed by atoms with Crippen molar-refractivity contribution in [3.05, 3.63) is 11.4 Å². The molecular formula is C13H22N4O. The van der Waals surface area contributed by atoms with Crippen LogP contribution in [0.3, 0.4) is 0 Å². The first kappa shape index (κ1) is 13.2. The SMILES string of the molecule is CCc1nnc(N2CCCC(OC)C2)nc1CC. The Morgan fingerprint density at radius 2 is 2.00 bits per heavy atom. The van der Waals surface area contributed by atoms with Gasteiger partial charge in [-0.2, -0.15) is 5.10 Å². The first-order valence-corrected chi connectivity index (χ1v) is 6.78. The fourth-order valence-corrected chi connectivity index (χ4v) is 2.37. The van der Waals surface area contributed by atoms with Crippen molar-refractivity contribution in [3.63, 3.8) is 0 Å². The van der Waals surface area contributed by atoms with Crippen LogP contribution in [-0.4, -0.2) is 41.5 Å². The van der Waals surface area contributed by atoms with Crippen LogP contribution in [0, 0.1) is 0 Å². The maximum Gasteiger partial charge on any atom is 0.245 e. The summed E-state index contributed by atoms with van der Waals surface area (Å²) in [6.45, 7) is 6.07. The number of piperidine rings is 1. The number of nitrogens with zero attached hydrogens (tertiary/aromatic N) is 4. The van der Waals surface area contributed by atoms with E-state index in [9.17, 15) is 0 Å². The normalized spacial score (nSPS) is 20.2. The smallest absolute Gasteiger partial charge is 0.245 e. The summed E-state index contributed by atoms with van der Waals surface area (Å²) in [5, 5.41) is 8.56. The van der Waals surface area contributed by atoms with E-state index in [2.05, 4.69) is 33.9 Å².